The third kappa shape index (κ3) is 4.23. The predicted octanol–water partition coefficient (Wildman–Crippen LogP) is 3.71. The monoisotopic (exact) mass is 360 g/mol. The van der Waals surface area contributed by atoms with Crippen molar-refractivity contribution in [3.05, 3.63) is 29.8 Å². The van der Waals surface area contributed by atoms with E-state index in [1.54, 1.807) is 12.0 Å². The Labute approximate surface area is 151 Å². The van der Waals surface area contributed by atoms with E-state index in [-0.39, 0.29) is 23.5 Å². The molecule has 0 radical (unpaired) electrons. The smallest absolute Gasteiger partial charge is 0.226 e. The fourth-order valence-corrected chi connectivity index (χ4v) is 4.01. The summed E-state index contributed by atoms with van der Waals surface area (Å²) in [6, 6.07) is 9.31. The van der Waals surface area contributed by atoms with Crippen molar-refractivity contribution in [3.63, 3.8) is 0 Å². The molecule has 0 aromatic heterocycles. The van der Waals surface area contributed by atoms with Gasteiger partial charge in [-0.1, -0.05) is 32.9 Å². The Bertz CT molecular complexity index is 659. The molecule has 136 valence electrons. The molecule has 1 aliphatic heterocycles. The molecule has 1 aromatic carbocycles. The van der Waals surface area contributed by atoms with Crippen LogP contribution in [0.5, 0.6) is 5.75 Å². The van der Waals surface area contributed by atoms with E-state index >= 15 is 0 Å². The highest BCUT2D eigenvalue weighted by molar-refractivity contribution is 6.74. The fourth-order valence-electron chi connectivity index (χ4n) is 2.69. The first kappa shape index (κ1) is 19.5. The normalized spacial score (nSPS) is 21.3. The van der Waals surface area contributed by atoms with Gasteiger partial charge in [0, 0.05) is 6.54 Å². The zero-order valence-corrected chi connectivity index (χ0v) is 17.0. The van der Waals surface area contributed by atoms with Crippen molar-refractivity contribution in [1.29, 1.82) is 5.26 Å². The zero-order valence-electron chi connectivity index (χ0n) is 16.0. The number of hydrogen-bond donors (Lipinski definition) is 0. The van der Waals surface area contributed by atoms with Crippen molar-refractivity contribution in [2.75, 3.05) is 7.11 Å². The number of nitriles is 1. The minimum Gasteiger partial charge on any atom is -0.497 e. The van der Waals surface area contributed by atoms with Crippen LogP contribution in [0.3, 0.4) is 0 Å². The summed E-state index contributed by atoms with van der Waals surface area (Å²) < 4.78 is 11.5. The van der Waals surface area contributed by atoms with Crippen LogP contribution in [-0.4, -0.2) is 38.4 Å². The molecule has 0 aliphatic carbocycles. The second-order valence-electron chi connectivity index (χ2n) is 8.06. The van der Waals surface area contributed by atoms with Gasteiger partial charge in [-0.05, 0) is 35.8 Å². The van der Waals surface area contributed by atoms with Crippen molar-refractivity contribution >= 4 is 14.2 Å². The van der Waals surface area contributed by atoms with Gasteiger partial charge in [0.15, 0.2) is 8.32 Å². The first-order valence-corrected chi connectivity index (χ1v) is 11.5. The molecule has 0 saturated carbocycles. The Kier molecular flexibility index (Phi) is 5.60. The van der Waals surface area contributed by atoms with Crippen LogP contribution >= 0.6 is 0 Å². The van der Waals surface area contributed by atoms with E-state index in [0.29, 0.717) is 6.54 Å². The van der Waals surface area contributed by atoms with E-state index in [2.05, 4.69) is 39.9 Å². The minimum atomic E-state index is -2.04. The predicted molar refractivity (Wildman–Crippen MR) is 99.6 cm³/mol. The van der Waals surface area contributed by atoms with Gasteiger partial charge in [0.1, 0.15) is 11.8 Å². The second kappa shape index (κ2) is 7.18. The number of nitrogens with zero attached hydrogens (tertiary/aromatic N) is 2. The fraction of sp³-hybridized carbons (Fsp3) is 0.579. The molecule has 1 amide bonds. The average molecular weight is 361 g/mol. The van der Waals surface area contributed by atoms with Crippen molar-refractivity contribution in [2.24, 2.45) is 0 Å². The maximum Gasteiger partial charge on any atom is 0.226 e. The number of carbonyl (C=O) groups is 1. The minimum absolute atomic E-state index is 0.0222. The number of methoxy groups -OCH3 is 1. The Balaban J connectivity index is 2.15. The van der Waals surface area contributed by atoms with Crippen molar-refractivity contribution in [2.45, 2.75) is 64.0 Å². The topological polar surface area (TPSA) is 62.6 Å². The molecule has 1 saturated heterocycles. The summed E-state index contributed by atoms with van der Waals surface area (Å²) in [5, 5.41) is 9.70. The molecule has 1 aromatic rings. The molecule has 1 heterocycles. The van der Waals surface area contributed by atoms with Gasteiger partial charge in [0.25, 0.3) is 0 Å². The molecule has 0 unspecified atom stereocenters. The molecule has 1 fully saturated rings. The number of likely N-dealkylation sites (tertiary alicyclic amines) is 1. The molecule has 2 atom stereocenters. The second-order valence-corrected chi connectivity index (χ2v) is 12.8. The molecule has 5 nitrogen and oxygen atoms in total. The molecule has 25 heavy (non-hydrogen) atoms. The molecule has 2 rings (SSSR count). The molecular formula is C19H28N2O3Si. The van der Waals surface area contributed by atoms with Crippen LogP contribution in [0.25, 0.3) is 0 Å². The first-order valence-electron chi connectivity index (χ1n) is 8.59. The van der Waals surface area contributed by atoms with Gasteiger partial charge in [0.05, 0.1) is 25.7 Å². The Hall–Kier alpha value is -1.84. The quantitative estimate of drug-likeness (QED) is 0.751. The maximum absolute atomic E-state index is 12.5. The lowest BCUT2D eigenvalue weighted by molar-refractivity contribution is -0.128. The Morgan fingerprint density at radius 2 is 1.88 bits per heavy atom. The number of ether oxygens (including phenoxy) is 1. The molecule has 6 heteroatoms. The van der Waals surface area contributed by atoms with Gasteiger partial charge >= 0.3 is 0 Å². The van der Waals surface area contributed by atoms with Crippen LogP contribution < -0.4 is 4.74 Å². The molecule has 0 N–H and O–H groups in total. The van der Waals surface area contributed by atoms with Gasteiger partial charge in [0.2, 0.25) is 5.91 Å². The number of carbonyl (C=O) groups excluding carboxylic acids is 1. The highest BCUT2D eigenvalue weighted by Gasteiger charge is 2.46. The van der Waals surface area contributed by atoms with E-state index in [4.69, 9.17) is 9.16 Å². The first-order chi connectivity index (χ1) is 11.6. The third-order valence-corrected chi connectivity index (χ3v) is 9.78. The highest BCUT2D eigenvalue weighted by Crippen LogP contribution is 2.39. The standard InChI is InChI=1S/C19H28N2O3Si/c1-19(2,3)25(5,6)24-17-11-18(22)21(16(17)12-20)13-14-7-9-15(23-4)10-8-14/h7-10,16-17H,11,13H2,1-6H3/t16-,17+/m1/s1. The summed E-state index contributed by atoms with van der Waals surface area (Å²) in [7, 11) is -0.420. The van der Waals surface area contributed by atoms with Crippen molar-refractivity contribution in [3.8, 4) is 11.8 Å². The van der Waals surface area contributed by atoms with Crippen LogP contribution in [-0.2, 0) is 15.8 Å². The van der Waals surface area contributed by atoms with E-state index in [1.165, 1.54) is 0 Å². The third-order valence-electron chi connectivity index (χ3n) is 5.28. The number of amides is 1. The van der Waals surface area contributed by atoms with Crippen molar-refractivity contribution < 1.29 is 14.0 Å². The van der Waals surface area contributed by atoms with Crippen LogP contribution in [0.15, 0.2) is 24.3 Å². The molecular weight excluding hydrogens is 332 g/mol. The van der Waals surface area contributed by atoms with Gasteiger partial charge in [-0.15, -0.1) is 0 Å². The molecule has 1 aliphatic rings. The van der Waals surface area contributed by atoms with Crippen molar-refractivity contribution in [1.82, 2.24) is 4.90 Å². The molecule has 0 bridgehead atoms. The summed E-state index contributed by atoms with van der Waals surface area (Å²) in [6.45, 7) is 11.2. The van der Waals surface area contributed by atoms with Crippen LogP contribution in [0.2, 0.25) is 18.1 Å². The lowest BCUT2D eigenvalue weighted by Gasteiger charge is -2.39. The number of hydrogen-bond acceptors (Lipinski definition) is 4. The van der Waals surface area contributed by atoms with Crippen LogP contribution in [0.4, 0.5) is 0 Å². The summed E-state index contributed by atoms with van der Waals surface area (Å²) in [5.41, 5.74) is 0.974. The summed E-state index contributed by atoms with van der Waals surface area (Å²) in [5.74, 6) is 0.749. The van der Waals surface area contributed by atoms with E-state index < -0.39 is 14.4 Å². The van der Waals surface area contributed by atoms with Gasteiger partial charge in [-0.25, -0.2) is 0 Å². The van der Waals surface area contributed by atoms with E-state index in [0.717, 1.165) is 11.3 Å². The lowest BCUT2D eigenvalue weighted by atomic mass is 10.1. The van der Waals surface area contributed by atoms with E-state index in [1.807, 2.05) is 24.3 Å². The average Bonchev–Trinajstić information content (AvgIpc) is 2.81. The molecule has 0 spiro atoms. The maximum atomic E-state index is 12.5. The largest absolute Gasteiger partial charge is 0.497 e. The number of benzene rings is 1. The SMILES string of the molecule is COc1ccc(CN2C(=O)C[C@H](O[Si](C)(C)C(C)(C)C)[C@H]2C#N)cc1. The van der Waals surface area contributed by atoms with Crippen LogP contribution in [0.1, 0.15) is 32.8 Å². The van der Waals surface area contributed by atoms with Gasteiger partial charge in [-0.2, -0.15) is 5.26 Å². The lowest BCUT2D eigenvalue weighted by Crippen LogP contribution is -2.47. The highest BCUT2D eigenvalue weighted by atomic mass is 28.4. The van der Waals surface area contributed by atoms with Gasteiger partial charge < -0.3 is 14.1 Å². The van der Waals surface area contributed by atoms with Crippen LogP contribution in [0, 0.1) is 11.3 Å². The number of rotatable bonds is 5. The van der Waals surface area contributed by atoms with Gasteiger partial charge in [-0.3, -0.25) is 4.79 Å². The summed E-state index contributed by atoms with van der Waals surface area (Å²) in [4.78, 5) is 14.1. The summed E-state index contributed by atoms with van der Waals surface area (Å²) >= 11 is 0. The Morgan fingerprint density at radius 3 is 2.36 bits per heavy atom. The zero-order chi connectivity index (χ0) is 18.8. The van der Waals surface area contributed by atoms with E-state index in [9.17, 15) is 10.1 Å². The Morgan fingerprint density at radius 1 is 1.28 bits per heavy atom. The summed E-state index contributed by atoms with van der Waals surface area (Å²) in [6.07, 6.45) is -0.0717.